The monoisotopic (exact) mass is 199 g/mol. The van der Waals surface area contributed by atoms with Crippen molar-refractivity contribution in [3.05, 3.63) is 0 Å². The molecule has 1 aliphatic carbocycles. The zero-order chi connectivity index (χ0) is 10.2. The van der Waals surface area contributed by atoms with E-state index in [9.17, 15) is 4.79 Å². The van der Waals surface area contributed by atoms with E-state index in [1.165, 1.54) is 12.8 Å². The van der Waals surface area contributed by atoms with E-state index in [0.29, 0.717) is 5.92 Å². The third-order valence-electron chi connectivity index (χ3n) is 2.69. The van der Waals surface area contributed by atoms with Crippen LogP contribution in [0.1, 0.15) is 39.0 Å². The highest BCUT2D eigenvalue weighted by Gasteiger charge is 2.21. The largest absolute Gasteiger partial charge is 0.382 e. The van der Waals surface area contributed by atoms with Gasteiger partial charge in [-0.15, -0.1) is 0 Å². The van der Waals surface area contributed by atoms with E-state index < -0.39 is 0 Å². The van der Waals surface area contributed by atoms with Gasteiger partial charge in [0.2, 0.25) is 5.91 Å². The van der Waals surface area contributed by atoms with Crippen molar-refractivity contribution < 1.29 is 9.53 Å². The van der Waals surface area contributed by atoms with Crippen LogP contribution >= 0.6 is 0 Å². The standard InChI is InChI=1S/C11H21NO2/c1-2-14-9-5-8-12-11(13)10-6-3-4-7-10/h10H,2-9H2,1H3,(H,12,13). The number of ether oxygens (including phenoxy) is 1. The second kappa shape index (κ2) is 6.82. The number of carbonyl (C=O) groups is 1. The lowest BCUT2D eigenvalue weighted by Gasteiger charge is -2.09. The van der Waals surface area contributed by atoms with Crippen LogP contribution in [-0.4, -0.2) is 25.7 Å². The van der Waals surface area contributed by atoms with Crippen LogP contribution in [-0.2, 0) is 9.53 Å². The van der Waals surface area contributed by atoms with Gasteiger partial charge in [-0.2, -0.15) is 0 Å². The van der Waals surface area contributed by atoms with Crippen molar-refractivity contribution in [2.45, 2.75) is 39.0 Å². The van der Waals surface area contributed by atoms with Crippen LogP contribution in [0.15, 0.2) is 0 Å². The molecule has 0 saturated heterocycles. The Morgan fingerprint density at radius 3 is 2.79 bits per heavy atom. The number of rotatable bonds is 6. The van der Waals surface area contributed by atoms with Crippen LogP contribution in [0.25, 0.3) is 0 Å². The van der Waals surface area contributed by atoms with Gasteiger partial charge in [-0.05, 0) is 26.2 Å². The molecule has 82 valence electrons. The van der Waals surface area contributed by atoms with Crippen LogP contribution in [0.3, 0.4) is 0 Å². The lowest BCUT2D eigenvalue weighted by Crippen LogP contribution is -2.30. The van der Waals surface area contributed by atoms with Gasteiger partial charge in [0.1, 0.15) is 0 Å². The molecule has 0 aromatic carbocycles. The van der Waals surface area contributed by atoms with E-state index in [1.807, 2.05) is 6.92 Å². The van der Waals surface area contributed by atoms with Crippen molar-refractivity contribution >= 4 is 5.91 Å². The summed E-state index contributed by atoms with van der Waals surface area (Å²) in [5, 5.41) is 2.96. The van der Waals surface area contributed by atoms with E-state index in [1.54, 1.807) is 0 Å². The quantitative estimate of drug-likeness (QED) is 0.661. The Balaban J connectivity index is 1.97. The molecule has 1 amide bonds. The van der Waals surface area contributed by atoms with E-state index in [-0.39, 0.29) is 5.91 Å². The molecule has 14 heavy (non-hydrogen) atoms. The van der Waals surface area contributed by atoms with Crippen molar-refractivity contribution in [3.8, 4) is 0 Å². The van der Waals surface area contributed by atoms with Crippen LogP contribution in [0.4, 0.5) is 0 Å². The minimum Gasteiger partial charge on any atom is -0.382 e. The van der Waals surface area contributed by atoms with Crippen molar-refractivity contribution in [1.29, 1.82) is 0 Å². The minimum absolute atomic E-state index is 0.249. The van der Waals surface area contributed by atoms with E-state index in [4.69, 9.17) is 4.74 Å². The smallest absolute Gasteiger partial charge is 0.223 e. The topological polar surface area (TPSA) is 38.3 Å². The average molecular weight is 199 g/mol. The molecule has 3 nitrogen and oxygen atoms in total. The minimum atomic E-state index is 0.249. The Kier molecular flexibility index (Phi) is 5.60. The van der Waals surface area contributed by atoms with E-state index >= 15 is 0 Å². The molecule has 1 saturated carbocycles. The Morgan fingerprint density at radius 1 is 1.43 bits per heavy atom. The summed E-state index contributed by atoms with van der Waals surface area (Å²) >= 11 is 0. The van der Waals surface area contributed by atoms with Gasteiger partial charge in [0.15, 0.2) is 0 Å². The van der Waals surface area contributed by atoms with Crippen molar-refractivity contribution in [2.24, 2.45) is 5.92 Å². The Hall–Kier alpha value is -0.570. The molecule has 0 heterocycles. The highest BCUT2D eigenvalue weighted by atomic mass is 16.5. The predicted octanol–water partition coefficient (Wildman–Crippen LogP) is 1.72. The molecule has 0 aromatic rings. The van der Waals surface area contributed by atoms with Crippen molar-refractivity contribution in [1.82, 2.24) is 5.32 Å². The summed E-state index contributed by atoms with van der Waals surface area (Å²) < 4.78 is 5.19. The third kappa shape index (κ3) is 4.09. The van der Waals surface area contributed by atoms with Crippen LogP contribution < -0.4 is 5.32 Å². The first-order chi connectivity index (χ1) is 6.84. The Bertz CT molecular complexity index is 165. The zero-order valence-corrected chi connectivity index (χ0v) is 9.05. The third-order valence-corrected chi connectivity index (χ3v) is 2.69. The summed E-state index contributed by atoms with van der Waals surface area (Å²) in [6.07, 6.45) is 5.52. The van der Waals surface area contributed by atoms with Gasteiger partial charge in [-0.25, -0.2) is 0 Å². The summed E-state index contributed by atoms with van der Waals surface area (Å²) in [7, 11) is 0. The fourth-order valence-electron chi connectivity index (χ4n) is 1.86. The number of carbonyl (C=O) groups excluding carboxylic acids is 1. The number of hydrogen-bond donors (Lipinski definition) is 1. The van der Waals surface area contributed by atoms with Crippen molar-refractivity contribution in [3.63, 3.8) is 0 Å². The fourth-order valence-corrected chi connectivity index (χ4v) is 1.86. The van der Waals surface area contributed by atoms with Crippen molar-refractivity contribution in [2.75, 3.05) is 19.8 Å². The summed E-state index contributed by atoms with van der Waals surface area (Å²) in [5.74, 6) is 0.543. The van der Waals surface area contributed by atoms with Gasteiger partial charge < -0.3 is 10.1 Å². The molecular formula is C11H21NO2. The maximum atomic E-state index is 11.5. The average Bonchev–Trinajstić information content (AvgIpc) is 2.70. The van der Waals surface area contributed by atoms with Gasteiger partial charge in [0.25, 0.3) is 0 Å². The number of amides is 1. The highest BCUT2D eigenvalue weighted by molar-refractivity contribution is 5.78. The van der Waals surface area contributed by atoms with Crippen LogP contribution in [0, 0.1) is 5.92 Å². The normalized spacial score (nSPS) is 17.2. The van der Waals surface area contributed by atoms with E-state index in [0.717, 1.165) is 39.0 Å². The first kappa shape index (κ1) is 11.5. The molecule has 0 bridgehead atoms. The zero-order valence-electron chi connectivity index (χ0n) is 9.05. The second-order valence-corrected chi connectivity index (χ2v) is 3.82. The predicted molar refractivity (Wildman–Crippen MR) is 56.1 cm³/mol. The molecule has 3 heteroatoms. The Labute approximate surface area is 86.2 Å². The maximum absolute atomic E-state index is 11.5. The maximum Gasteiger partial charge on any atom is 0.223 e. The molecule has 0 spiro atoms. The van der Waals surface area contributed by atoms with Gasteiger partial charge >= 0.3 is 0 Å². The molecule has 1 N–H and O–H groups in total. The number of nitrogens with one attached hydrogen (secondary N) is 1. The van der Waals surface area contributed by atoms with Crippen LogP contribution in [0.5, 0.6) is 0 Å². The molecule has 0 unspecified atom stereocenters. The molecule has 0 radical (unpaired) electrons. The molecule has 0 aliphatic heterocycles. The van der Waals surface area contributed by atoms with Gasteiger partial charge in [-0.3, -0.25) is 4.79 Å². The molecule has 1 aliphatic rings. The highest BCUT2D eigenvalue weighted by Crippen LogP contribution is 2.24. The van der Waals surface area contributed by atoms with Gasteiger partial charge in [0, 0.05) is 25.7 Å². The van der Waals surface area contributed by atoms with E-state index in [2.05, 4.69) is 5.32 Å². The molecule has 1 rings (SSSR count). The summed E-state index contributed by atoms with van der Waals surface area (Å²) in [4.78, 5) is 11.5. The second-order valence-electron chi connectivity index (χ2n) is 3.82. The lowest BCUT2D eigenvalue weighted by atomic mass is 10.1. The first-order valence-corrected chi connectivity index (χ1v) is 5.70. The lowest BCUT2D eigenvalue weighted by molar-refractivity contribution is -0.124. The molecule has 0 atom stereocenters. The van der Waals surface area contributed by atoms with Gasteiger partial charge in [-0.1, -0.05) is 12.8 Å². The van der Waals surface area contributed by atoms with Gasteiger partial charge in [0.05, 0.1) is 0 Å². The summed E-state index contributed by atoms with van der Waals surface area (Å²) in [6.45, 7) is 4.25. The SMILES string of the molecule is CCOCCCNC(=O)C1CCCC1. The fraction of sp³-hybridized carbons (Fsp3) is 0.909. The number of hydrogen-bond acceptors (Lipinski definition) is 2. The summed E-state index contributed by atoms with van der Waals surface area (Å²) in [5.41, 5.74) is 0. The molecule has 0 aromatic heterocycles. The molecule has 1 fully saturated rings. The Morgan fingerprint density at radius 2 is 2.14 bits per heavy atom. The molecular weight excluding hydrogens is 178 g/mol. The summed E-state index contributed by atoms with van der Waals surface area (Å²) in [6, 6.07) is 0. The van der Waals surface area contributed by atoms with Crippen LogP contribution in [0.2, 0.25) is 0 Å². The first-order valence-electron chi connectivity index (χ1n) is 5.70.